The molecule has 0 atom stereocenters. The van der Waals surface area contributed by atoms with E-state index in [1.54, 1.807) is 0 Å². The number of rotatable bonds is 6. The number of hydrogen-bond donors (Lipinski definition) is 1. The molecule has 14 heavy (non-hydrogen) atoms. The van der Waals surface area contributed by atoms with Gasteiger partial charge in [-0.2, -0.15) is 0 Å². The van der Waals surface area contributed by atoms with E-state index in [0.717, 1.165) is 31.1 Å². The summed E-state index contributed by atoms with van der Waals surface area (Å²) in [7, 11) is 4.04. The van der Waals surface area contributed by atoms with Gasteiger partial charge in [-0.05, 0) is 45.2 Å². The van der Waals surface area contributed by atoms with Crippen LogP contribution in [0.25, 0.3) is 0 Å². The minimum atomic E-state index is 0.517. The molecule has 0 aliphatic carbocycles. The van der Waals surface area contributed by atoms with Gasteiger partial charge in [0.2, 0.25) is 4.47 Å². The highest BCUT2D eigenvalue weighted by Gasteiger charge is 2.04. The lowest BCUT2D eigenvalue weighted by Crippen LogP contribution is -2.22. The first-order valence-electron chi connectivity index (χ1n) is 4.53. The molecule has 0 aliphatic heterocycles. The molecule has 0 fully saturated rings. The second kappa shape index (κ2) is 6.29. The van der Waals surface area contributed by atoms with Crippen molar-refractivity contribution in [2.45, 2.75) is 13.0 Å². The van der Waals surface area contributed by atoms with E-state index < -0.39 is 0 Å². The van der Waals surface area contributed by atoms with E-state index >= 15 is 0 Å². The van der Waals surface area contributed by atoms with Crippen molar-refractivity contribution in [3.63, 3.8) is 0 Å². The fourth-order valence-electron chi connectivity index (χ4n) is 1.13. The average Bonchev–Trinajstić information content (AvgIpc) is 2.52. The second-order valence-electron chi connectivity index (χ2n) is 3.14. The zero-order chi connectivity index (χ0) is 10.4. The molecule has 80 valence electrons. The van der Waals surface area contributed by atoms with Gasteiger partial charge in [-0.15, -0.1) is 10.2 Å². The maximum Gasteiger partial charge on any atom is 0.207 e. The Balaban J connectivity index is 2.23. The molecule has 1 aromatic heterocycles. The second-order valence-corrected chi connectivity index (χ2v) is 4.79. The molecule has 0 saturated heterocycles. The van der Waals surface area contributed by atoms with Gasteiger partial charge in [-0.3, -0.25) is 4.90 Å². The van der Waals surface area contributed by atoms with Crippen LogP contribution in [-0.4, -0.2) is 42.3 Å². The van der Waals surface area contributed by atoms with Crippen molar-refractivity contribution in [3.05, 3.63) is 9.47 Å². The molecule has 0 bridgehead atoms. The Bertz CT molecular complexity index is 266. The third-order valence-corrected chi connectivity index (χ3v) is 2.82. The van der Waals surface area contributed by atoms with Crippen LogP contribution in [0.1, 0.15) is 11.4 Å². The van der Waals surface area contributed by atoms with E-state index in [9.17, 15) is 0 Å². The zero-order valence-electron chi connectivity index (χ0n) is 8.46. The summed E-state index contributed by atoms with van der Waals surface area (Å²) >= 11 is 7.13. The molecular formula is C8H15ClN4S. The van der Waals surface area contributed by atoms with Crippen molar-refractivity contribution in [2.75, 3.05) is 27.2 Å². The number of nitrogens with one attached hydrogen (secondary N) is 1. The monoisotopic (exact) mass is 234 g/mol. The number of aromatic nitrogens is 2. The SMILES string of the molecule is CNCCCN(C)Cc1nnc(Cl)s1. The van der Waals surface area contributed by atoms with E-state index in [1.807, 2.05) is 7.05 Å². The normalized spacial score (nSPS) is 11.1. The molecule has 0 saturated carbocycles. The molecule has 1 aromatic rings. The van der Waals surface area contributed by atoms with Crippen LogP contribution < -0.4 is 5.32 Å². The third kappa shape index (κ3) is 4.32. The standard InChI is InChI=1S/C8H15ClN4S/c1-10-4-3-5-13(2)6-7-11-12-8(9)14-7/h10H,3-6H2,1-2H3. The van der Waals surface area contributed by atoms with Crippen LogP contribution in [0.2, 0.25) is 4.47 Å². The molecular weight excluding hydrogens is 220 g/mol. The first-order chi connectivity index (χ1) is 6.72. The minimum Gasteiger partial charge on any atom is -0.320 e. The summed E-state index contributed by atoms with van der Waals surface area (Å²) in [5.41, 5.74) is 0. The van der Waals surface area contributed by atoms with Crippen molar-refractivity contribution in [3.8, 4) is 0 Å². The number of hydrogen-bond acceptors (Lipinski definition) is 5. The summed E-state index contributed by atoms with van der Waals surface area (Å²) in [5, 5.41) is 11.8. The fraction of sp³-hybridized carbons (Fsp3) is 0.750. The largest absolute Gasteiger partial charge is 0.320 e. The van der Waals surface area contributed by atoms with Crippen LogP contribution in [0.3, 0.4) is 0 Å². The van der Waals surface area contributed by atoms with E-state index in [2.05, 4.69) is 27.5 Å². The van der Waals surface area contributed by atoms with Gasteiger partial charge in [0.05, 0.1) is 6.54 Å². The highest BCUT2D eigenvalue weighted by molar-refractivity contribution is 7.15. The van der Waals surface area contributed by atoms with Gasteiger partial charge < -0.3 is 5.32 Å². The Kier molecular flexibility index (Phi) is 5.32. The van der Waals surface area contributed by atoms with Gasteiger partial charge in [-0.1, -0.05) is 11.3 Å². The van der Waals surface area contributed by atoms with E-state index in [1.165, 1.54) is 11.3 Å². The average molecular weight is 235 g/mol. The lowest BCUT2D eigenvalue weighted by atomic mass is 10.4. The predicted molar refractivity (Wildman–Crippen MR) is 59.8 cm³/mol. The van der Waals surface area contributed by atoms with Gasteiger partial charge in [0.25, 0.3) is 0 Å². The minimum absolute atomic E-state index is 0.517. The molecule has 0 radical (unpaired) electrons. The van der Waals surface area contributed by atoms with Gasteiger partial charge in [0.1, 0.15) is 5.01 Å². The molecule has 1 rings (SSSR count). The summed E-state index contributed by atoms with van der Waals surface area (Å²) in [6, 6.07) is 0. The Morgan fingerprint density at radius 3 is 2.86 bits per heavy atom. The van der Waals surface area contributed by atoms with E-state index in [0.29, 0.717) is 4.47 Å². The topological polar surface area (TPSA) is 41.0 Å². The van der Waals surface area contributed by atoms with Crippen LogP contribution >= 0.6 is 22.9 Å². The van der Waals surface area contributed by atoms with Crippen LogP contribution in [0.15, 0.2) is 0 Å². The summed E-state index contributed by atoms with van der Waals surface area (Å²) in [6.45, 7) is 2.92. The zero-order valence-corrected chi connectivity index (χ0v) is 10.0. The van der Waals surface area contributed by atoms with Crippen LogP contribution in [0.4, 0.5) is 0 Å². The lowest BCUT2D eigenvalue weighted by Gasteiger charge is -2.13. The smallest absolute Gasteiger partial charge is 0.207 e. The fourth-order valence-corrected chi connectivity index (χ4v) is 2.08. The van der Waals surface area contributed by atoms with E-state index in [-0.39, 0.29) is 0 Å². The van der Waals surface area contributed by atoms with Crippen molar-refractivity contribution in [2.24, 2.45) is 0 Å². The highest BCUT2D eigenvalue weighted by atomic mass is 35.5. The molecule has 0 unspecified atom stereocenters. The van der Waals surface area contributed by atoms with Gasteiger partial charge in [-0.25, -0.2) is 0 Å². The lowest BCUT2D eigenvalue weighted by molar-refractivity contribution is 0.320. The van der Waals surface area contributed by atoms with Crippen LogP contribution in [-0.2, 0) is 6.54 Å². The number of nitrogens with zero attached hydrogens (tertiary/aromatic N) is 3. The molecule has 1 heterocycles. The summed E-state index contributed by atoms with van der Waals surface area (Å²) in [6.07, 6.45) is 1.14. The maximum absolute atomic E-state index is 5.69. The van der Waals surface area contributed by atoms with Gasteiger partial charge in [0, 0.05) is 0 Å². The van der Waals surface area contributed by atoms with Gasteiger partial charge >= 0.3 is 0 Å². The Hall–Kier alpha value is -0.230. The molecule has 1 N–H and O–H groups in total. The maximum atomic E-state index is 5.69. The third-order valence-electron chi connectivity index (χ3n) is 1.81. The Morgan fingerprint density at radius 2 is 2.29 bits per heavy atom. The molecule has 0 aliphatic rings. The Morgan fingerprint density at radius 1 is 1.50 bits per heavy atom. The quantitative estimate of drug-likeness (QED) is 0.752. The molecule has 0 aromatic carbocycles. The molecule has 4 nitrogen and oxygen atoms in total. The molecule has 0 amide bonds. The summed E-state index contributed by atoms with van der Waals surface area (Å²) in [5.74, 6) is 0. The van der Waals surface area contributed by atoms with E-state index in [4.69, 9.17) is 11.6 Å². The van der Waals surface area contributed by atoms with Crippen molar-refractivity contribution in [1.82, 2.24) is 20.4 Å². The predicted octanol–water partition coefficient (Wildman–Crippen LogP) is 1.23. The highest BCUT2D eigenvalue weighted by Crippen LogP contribution is 2.15. The van der Waals surface area contributed by atoms with Crippen molar-refractivity contribution >= 4 is 22.9 Å². The van der Waals surface area contributed by atoms with Crippen molar-refractivity contribution in [1.29, 1.82) is 0 Å². The first kappa shape index (κ1) is 11.8. The summed E-state index contributed by atoms with van der Waals surface area (Å²) in [4.78, 5) is 2.22. The Labute approximate surface area is 93.3 Å². The first-order valence-corrected chi connectivity index (χ1v) is 5.73. The van der Waals surface area contributed by atoms with Gasteiger partial charge in [0.15, 0.2) is 0 Å². The molecule has 6 heteroatoms. The van der Waals surface area contributed by atoms with Crippen LogP contribution in [0.5, 0.6) is 0 Å². The number of halogens is 1. The summed E-state index contributed by atoms with van der Waals surface area (Å²) < 4.78 is 0.517. The molecule has 0 spiro atoms. The van der Waals surface area contributed by atoms with Crippen LogP contribution in [0, 0.1) is 0 Å². The van der Waals surface area contributed by atoms with Crippen molar-refractivity contribution < 1.29 is 0 Å².